The van der Waals surface area contributed by atoms with Crippen molar-refractivity contribution in [3.05, 3.63) is 29.3 Å². The van der Waals surface area contributed by atoms with Crippen molar-refractivity contribution in [3.63, 3.8) is 0 Å². The minimum Gasteiger partial charge on any atom is -0.494 e. The Bertz CT molecular complexity index is 545. The minimum atomic E-state index is -1.18. The van der Waals surface area contributed by atoms with Crippen molar-refractivity contribution in [1.29, 1.82) is 5.26 Å². The normalized spacial score (nSPS) is 16.6. The summed E-state index contributed by atoms with van der Waals surface area (Å²) in [4.78, 5) is 12.1. The summed E-state index contributed by atoms with van der Waals surface area (Å²) in [6.45, 7) is 0. The molecule has 0 radical (unpaired) electrons. The van der Waals surface area contributed by atoms with E-state index in [1.54, 1.807) is 0 Å². The number of hydrogen-bond donors (Lipinski definition) is 0. The molecule has 0 bridgehead atoms. The fraction of sp³-hybridized carbons (Fsp3) is 0.385. The van der Waals surface area contributed by atoms with E-state index in [1.165, 1.54) is 7.11 Å². The van der Waals surface area contributed by atoms with Crippen LogP contribution in [0.1, 0.15) is 29.6 Å². The molecule has 0 spiro atoms. The molecule has 0 N–H and O–H groups in total. The van der Waals surface area contributed by atoms with E-state index in [-0.39, 0.29) is 11.3 Å². The summed E-state index contributed by atoms with van der Waals surface area (Å²) in [5.74, 6) is -2.58. The molecule has 0 aliphatic heterocycles. The monoisotopic (exact) mass is 251 g/mol. The lowest BCUT2D eigenvalue weighted by atomic mass is 9.65. The predicted molar refractivity (Wildman–Crippen MR) is 59.1 cm³/mol. The van der Waals surface area contributed by atoms with Gasteiger partial charge in [-0.1, -0.05) is 0 Å². The van der Waals surface area contributed by atoms with E-state index in [9.17, 15) is 13.6 Å². The number of carbonyl (C=O) groups excluding carboxylic acids is 1. The van der Waals surface area contributed by atoms with Gasteiger partial charge in [-0.25, -0.2) is 8.78 Å². The number of ketones is 1. The Morgan fingerprint density at radius 2 is 2.06 bits per heavy atom. The van der Waals surface area contributed by atoms with Crippen LogP contribution in [0.15, 0.2) is 12.1 Å². The molecule has 0 heterocycles. The average Bonchev–Trinajstić information content (AvgIpc) is 2.30. The van der Waals surface area contributed by atoms with Crippen molar-refractivity contribution in [1.82, 2.24) is 0 Å². The fourth-order valence-electron chi connectivity index (χ4n) is 2.04. The predicted octanol–water partition coefficient (Wildman–Crippen LogP) is 2.85. The maximum Gasteiger partial charge on any atom is 0.186 e. The molecule has 0 unspecified atom stereocenters. The molecule has 1 aromatic carbocycles. The van der Waals surface area contributed by atoms with Gasteiger partial charge < -0.3 is 4.74 Å². The van der Waals surface area contributed by atoms with Crippen LogP contribution in [0.4, 0.5) is 8.78 Å². The third kappa shape index (κ3) is 1.74. The van der Waals surface area contributed by atoms with Gasteiger partial charge in [-0.05, 0) is 25.3 Å². The molecule has 18 heavy (non-hydrogen) atoms. The molecule has 0 amide bonds. The van der Waals surface area contributed by atoms with Gasteiger partial charge in [0.15, 0.2) is 17.3 Å². The molecule has 1 aliphatic rings. The molecular weight excluding hydrogens is 240 g/mol. The number of ether oxygens (including phenoxy) is 1. The summed E-state index contributed by atoms with van der Waals surface area (Å²) in [7, 11) is 1.21. The molecular formula is C13H11F2NO2. The van der Waals surface area contributed by atoms with Gasteiger partial charge >= 0.3 is 0 Å². The fourth-order valence-corrected chi connectivity index (χ4v) is 2.04. The summed E-state index contributed by atoms with van der Waals surface area (Å²) in [5, 5.41) is 9.02. The van der Waals surface area contributed by atoms with Crippen LogP contribution in [-0.4, -0.2) is 12.9 Å². The van der Waals surface area contributed by atoms with Gasteiger partial charge in [-0.3, -0.25) is 4.79 Å². The van der Waals surface area contributed by atoms with Crippen LogP contribution in [0.2, 0.25) is 0 Å². The minimum absolute atomic E-state index is 0.260. The van der Waals surface area contributed by atoms with Crippen molar-refractivity contribution in [2.45, 2.75) is 19.3 Å². The van der Waals surface area contributed by atoms with Gasteiger partial charge in [0.25, 0.3) is 0 Å². The van der Waals surface area contributed by atoms with E-state index in [1.807, 2.05) is 6.07 Å². The number of benzene rings is 1. The Morgan fingerprint density at radius 3 is 2.50 bits per heavy atom. The number of hydrogen-bond acceptors (Lipinski definition) is 3. The van der Waals surface area contributed by atoms with Crippen molar-refractivity contribution in [3.8, 4) is 11.8 Å². The Labute approximate surface area is 103 Å². The molecule has 2 rings (SSSR count). The van der Waals surface area contributed by atoms with Crippen molar-refractivity contribution in [2.24, 2.45) is 5.41 Å². The first-order chi connectivity index (χ1) is 8.54. The quantitative estimate of drug-likeness (QED) is 0.776. The molecule has 0 atom stereocenters. The third-order valence-corrected chi connectivity index (χ3v) is 3.34. The molecule has 1 aromatic rings. The Kier molecular flexibility index (Phi) is 3.04. The topological polar surface area (TPSA) is 50.1 Å². The zero-order valence-electron chi connectivity index (χ0n) is 9.80. The molecule has 0 aromatic heterocycles. The highest BCUT2D eigenvalue weighted by Crippen LogP contribution is 2.43. The van der Waals surface area contributed by atoms with Crippen molar-refractivity contribution >= 4 is 5.78 Å². The Hall–Kier alpha value is -1.96. The van der Waals surface area contributed by atoms with Gasteiger partial charge in [0.2, 0.25) is 0 Å². The highest BCUT2D eigenvalue weighted by Gasteiger charge is 2.45. The summed E-state index contributed by atoms with van der Waals surface area (Å²) in [6.07, 6.45) is 1.55. The van der Waals surface area contributed by atoms with Crippen LogP contribution in [0.25, 0.3) is 0 Å². The molecule has 5 heteroatoms. The van der Waals surface area contributed by atoms with Crippen LogP contribution in [0.5, 0.6) is 5.75 Å². The Balaban J connectivity index is 2.43. The summed E-state index contributed by atoms with van der Waals surface area (Å²) < 4.78 is 31.8. The maximum atomic E-state index is 13.7. The van der Waals surface area contributed by atoms with E-state index in [2.05, 4.69) is 4.74 Å². The van der Waals surface area contributed by atoms with Crippen molar-refractivity contribution in [2.75, 3.05) is 7.11 Å². The van der Waals surface area contributed by atoms with Crippen LogP contribution < -0.4 is 4.74 Å². The second kappa shape index (κ2) is 4.37. The van der Waals surface area contributed by atoms with E-state index in [4.69, 9.17) is 5.26 Å². The van der Waals surface area contributed by atoms with E-state index < -0.39 is 22.8 Å². The zero-order valence-corrected chi connectivity index (χ0v) is 9.80. The standard InChI is InChI=1S/C13H11F2NO2/c1-18-11-6-9(14)8(5-10(11)15)12(17)13(7-16)3-2-4-13/h5-6H,2-4H2,1H3. The first-order valence-corrected chi connectivity index (χ1v) is 5.53. The van der Waals surface area contributed by atoms with Gasteiger partial charge in [0.1, 0.15) is 11.2 Å². The molecule has 1 saturated carbocycles. The first kappa shape index (κ1) is 12.5. The van der Waals surface area contributed by atoms with E-state index in [0.29, 0.717) is 12.8 Å². The second-order valence-corrected chi connectivity index (χ2v) is 4.34. The van der Waals surface area contributed by atoms with E-state index in [0.717, 1.165) is 18.6 Å². The summed E-state index contributed by atoms with van der Waals surface area (Å²) in [6, 6.07) is 3.54. The highest BCUT2D eigenvalue weighted by molar-refractivity contribution is 6.03. The molecule has 3 nitrogen and oxygen atoms in total. The van der Waals surface area contributed by atoms with Crippen LogP contribution in [-0.2, 0) is 0 Å². The number of Topliss-reactive ketones (excluding diaryl/α,β-unsaturated/α-hetero) is 1. The number of rotatable bonds is 3. The molecule has 1 aliphatic carbocycles. The lowest BCUT2D eigenvalue weighted by Crippen LogP contribution is -2.37. The van der Waals surface area contributed by atoms with Gasteiger partial charge in [0, 0.05) is 6.07 Å². The Morgan fingerprint density at radius 1 is 1.39 bits per heavy atom. The average molecular weight is 251 g/mol. The van der Waals surface area contributed by atoms with Gasteiger partial charge in [0.05, 0.1) is 18.7 Å². The second-order valence-electron chi connectivity index (χ2n) is 4.34. The smallest absolute Gasteiger partial charge is 0.186 e. The summed E-state index contributed by atoms with van der Waals surface area (Å²) >= 11 is 0. The zero-order chi connectivity index (χ0) is 13.3. The molecule has 0 saturated heterocycles. The van der Waals surface area contributed by atoms with Gasteiger partial charge in [-0.15, -0.1) is 0 Å². The summed E-state index contributed by atoms with van der Waals surface area (Å²) in [5.41, 5.74) is -1.56. The number of nitrogens with zero attached hydrogens (tertiary/aromatic N) is 1. The highest BCUT2D eigenvalue weighted by atomic mass is 19.1. The van der Waals surface area contributed by atoms with Crippen LogP contribution >= 0.6 is 0 Å². The van der Waals surface area contributed by atoms with Crippen molar-refractivity contribution < 1.29 is 18.3 Å². The number of carbonyl (C=O) groups is 1. The maximum absolute atomic E-state index is 13.7. The number of methoxy groups -OCH3 is 1. The van der Waals surface area contributed by atoms with Crippen LogP contribution in [0.3, 0.4) is 0 Å². The SMILES string of the molecule is COc1cc(F)c(C(=O)C2(C#N)CCC2)cc1F. The lowest BCUT2D eigenvalue weighted by molar-refractivity contribution is 0.0743. The largest absolute Gasteiger partial charge is 0.494 e. The lowest BCUT2D eigenvalue weighted by Gasteiger charge is -2.33. The van der Waals surface area contributed by atoms with Gasteiger partial charge in [-0.2, -0.15) is 5.26 Å². The molecule has 1 fully saturated rings. The third-order valence-electron chi connectivity index (χ3n) is 3.34. The number of halogens is 2. The number of nitriles is 1. The first-order valence-electron chi connectivity index (χ1n) is 5.53. The van der Waals surface area contributed by atoms with Crippen LogP contribution in [0, 0.1) is 28.4 Å². The van der Waals surface area contributed by atoms with E-state index >= 15 is 0 Å². The molecule has 94 valence electrons.